The Morgan fingerprint density at radius 3 is 3.00 bits per heavy atom. The average Bonchev–Trinajstić information content (AvgIpc) is 2.12. The molecule has 0 amide bonds. The summed E-state index contributed by atoms with van der Waals surface area (Å²) in [7, 11) is 0. The molecule has 1 rings (SSSR count). The van der Waals surface area contributed by atoms with Crippen molar-refractivity contribution in [3.05, 3.63) is 24.1 Å². The fourth-order valence-electron chi connectivity index (χ4n) is 0.980. The Labute approximate surface area is 78.8 Å². The van der Waals surface area contributed by atoms with Gasteiger partial charge in [0.25, 0.3) is 0 Å². The molecule has 2 atom stereocenters. The van der Waals surface area contributed by atoms with Crippen molar-refractivity contribution in [1.82, 2.24) is 0 Å². The molecule has 0 saturated heterocycles. The maximum absolute atomic E-state index is 13.5. The fourth-order valence-corrected chi connectivity index (χ4v) is 1.12. The largest absolute Gasteiger partial charge is 0.354 e. The third-order valence-corrected chi connectivity index (χ3v) is 1.79. The first-order chi connectivity index (χ1) is 6.12. The minimum Gasteiger partial charge on any atom is -0.354 e. The molecule has 1 aliphatic carbocycles. The number of hydrogen-bond donors (Lipinski definition) is 0. The van der Waals surface area contributed by atoms with Gasteiger partial charge in [-0.1, -0.05) is 11.6 Å². The number of allylic oxidation sites excluding steroid dienone is 2. The summed E-state index contributed by atoms with van der Waals surface area (Å²) in [6, 6.07) is -0.304. The Kier molecular flexibility index (Phi) is 3.17. The van der Waals surface area contributed by atoms with Crippen LogP contribution < -0.4 is 0 Å². The maximum atomic E-state index is 13.5. The van der Waals surface area contributed by atoms with E-state index < -0.39 is 17.6 Å². The summed E-state index contributed by atoms with van der Waals surface area (Å²) in [4.78, 5) is 10.4. The summed E-state index contributed by atoms with van der Waals surface area (Å²) in [5.74, 6) is -0.648. The first-order valence-electron chi connectivity index (χ1n) is 3.52. The van der Waals surface area contributed by atoms with Crippen LogP contribution in [-0.2, 0) is 9.53 Å². The van der Waals surface area contributed by atoms with Crippen molar-refractivity contribution in [3.8, 4) is 0 Å². The number of rotatable bonds is 3. The number of carbonyl (C=O) groups excluding carboxylic acids is 1. The van der Waals surface area contributed by atoms with Crippen LogP contribution in [0.4, 0.5) is 8.78 Å². The van der Waals surface area contributed by atoms with E-state index in [0.717, 1.165) is 18.2 Å². The molecule has 0 saturated carbocycles. The lowest BCUT2D eigenvalue weighted by Crippen LogP contribution is -2.39. The van der Waals surface area contributed by atoms with Crippen LogP contribution in [-0.4, -0.2) is 24.1 Å². The van der Waals surface area contributed by atoms with Crippen molar-refractivity contribution >= 4 is 17.9 Å². The highest BCUT2D eigenvalue weighted by Crippen LogP contribution is 2.26. The van der Waals surface area contributed by atoms with E-state index in [0.29, 0.717) is 0 Å². The lowest BCUT2D eigenvalue weighted by atomic mass is 9.95. The predicted molar refractivity (Wildman–Crippen MR) is 43.8 cm³/mol. The second-order valence-corrected chi connectivity index (χ2v) is 2.74. The summed E-state index contributed by atoms with van der Waals surface area (Å²) in [5, 5.41) is 0. The van der Waals surface area contributed by atoms with Crippen molar-refractivity contribution in [2.75, 3.05) is 6.07 Å². The SMILES string of the molecule is O=CC1(F)C=CC(F)=CC1OCCl. The minimum atomic E-state index is -2.32. The van der Waals surface area contributed by atoms with E-state index in [-0.39, 0.29) is 12.4 Å². The molecule has 0 fully saturated rings. The molecule has 2 unspecified atom stereocenters. The standard InChI is InChI=1S/C8H7ClF2O2/c9-5-13-7-3-6(10)1-2-8(7,11)4-12/h1-4,7H,5H2. The van der Waals surface area contributed by atoms with Crippen molar-refractivity contribution in [2.45, 2.75) is 11.8 Å². The molecule has 0 aromatic carbocycles. The third kappa shape index (κ3) is 2.14. The molecule has 1 aliphatic rings. The molecule has 0 heterocycles. The zero-order chi connectivity index (χ0) is 9.90. The zero-order valence-corrected chi connectivity index (χ0v) is 7.30. The van der Waals surface area contributed by atoms with Gasteiger partial charge in [-0.3, -0.25) is 4.79 Å². The Morgan fingerprint density at radius 2 is 2.46 bits per heavy atom. The Bertz CT molecular complexity index is 265. The van der Waals surface area contributed by atoms with Gasteiger partial charge in [-0.15, -0.1) is 0 Å². The lowest BCUT2D eigenvalue weighted by Gasteiger charge is -2.25. The smallest absolute Gasteiger partial charge is 0.213 e. The zero-order valence-electron chi connectivity index (χ0n) is 6.54. The molecule has 72 valence electrons. The van der Waals surface area contributed by atoms with E-state index in [2.05, 4.69) is 4.74 Å². The molecule has 2 nitrogen and oxygen atoms in total. The van der Waals surface area contributed by atoms with Crippen LogP contribution in [0, 0.1) is 0 Å². The first kappa shape index (κ1) is 10.3. The molecular weight excluding hydrogens is 202 g/mol. The summed E-state index contributed by atoms with van der Waals surface area (Å²) in [6.07, 6.45) is 1.34. The summed E-state index contributed by atoms with van der Waals surface area (Å²) >= 11 is 5.19. The van der Waals surface area contributed by atoms with Crippen LogP contribution in [0.5, 0.6) is 0 Å². The van der Waals surface area contributed by atoms with Crippen LogP contribution in [0.25, 0.3) is 0 Å². The molecule has 0 bridgehead atoms. The summed E-state index contributed by atoms with van der Waals surface area (Å²) in [6.45, 7) is 0. The second kappa shape index (κ2) is 3.98. The van der Waals surface area contributed by atoms with Crippen LogP contribution in [0.3, 0.4) is 0 Å². The van der Waals surface area contributed by atoms with Crippen molar-refractivity contribution < 1.29 is 18.3 Å². The number of carbonyl (C=O) groups is 1. The molecule has 0 spiro atoms. The monoisotopic (exact) mass is 208 g/mol. The number of halogens is 3. The quantitative estimate of drug-likeness (QED) is 0.523. The van der Waals surface area contributed by atoms with E-state index in [1.165, 1.54) is 0 Å². The number of alkyl halides is 2. The van der Waals surface area contributed by atoms with Gasteiger partial charge < -0.3 is 4.74 Å². The normalized spacial score (nSPS) is 32.8. The van der Waals surface area contributed by atoms with Crippen molar-refractivity contribution in [3.63, 3.8) is 0 Å². The van der Waals surface area contributed by atoms with Crippen LogP contribution in [0.15, 0.2) is 24.1 Å². The highest BCUT2D eigenvalue weighted by molar-refractivity contribution is 6.17. The molecule has 0 N–H and O–H groups in total. The number of ether oxygens (including phenoxy) is 1. The molecule has 0 radical (unpaired) electrons. The lowest BCUT2D eigenvalue weighted by molar-refractivity contribution is -0.121. The van der Waals surface area contributed by atoms with E-state index in [4.69, 9.17) is 11.6 Å². The van der Waals surface area contributed by atoms with Gasteiger partial charge in [0.1, 0.15) is 18.0 Å². The van der Waals surface area contributed by atoms with Gasteiger partial charge in [-0.2, -0.15) is 0 Å². The second-order valence-electron chi connectivity index (χ2n) is 2.53. The van der Waals surface area contributed by atoms with Crippen LogP contribution in [0.2, 0.25) is 0 Å². The predicted octanol–water partition coefficient (Wildman–Crippen LogP) is 1.90. The van der Waals surface area contributed by atoms with Gasteiger partial charge in [-0.05, 0) is 18.2 Å². The van der Waals surface area contributed by atoms with Crippen LogP contribution in [0.1, 0.15) is 0 Å². The third-order valence-electron chi connectivity index (χ3n) is 1.67. The molecule has 0 aliphatic heterocycles. The van der Waals surface area contributed by atoms with E-state index in [1.54, 1.807) is 0 Å². The highest BCUT2D eigenvalue weighted by Gasteiger charge is 2.38. The number of hydrogen-bond acceptors (Lipinski definition) is 2. The van der Waals surface area contributed by atoms with Gasteiger partial charge in [0.15, 0.2) is 6.29 Å². The molecule has 0 aromatic heterocycles. The average molecular weight is 209 g/mol. The summed E-state index contributed by atoms with van der Waals surface area (Å²) in [5.41, 5.74) is -2.32. The Hall–Kier alpha value is -0.740. The first-order valence-corrected chi connectivity index (χ1v) is 4.05. The Morgan fingerprint density at radius 1 is 1.77 bits per heavy atom. The van der Waals surface area contributed by atoms with Gasteiger partial charge >= 0.3 is 0 Å². The van der Waals surface area contributed by atoms with Gasteiger partial charge in [0, 0.05) is 0 Å². The van der Waals surface area contributed by atoms with Crippen molar-refractivity contribution in [2.24, 2.45) is 0 Å². The van der Waals surface area contributed by atoms with Crippen LogP contribution >= 0.6 is 11.6 Å². The molecule has 13 heavy (non-hydrogen) atoms. The topological polar surface area (TPSA) is 26.3 Å². The van der Waals surface area contributed by atoms with Gasteiger partial charge in [0.2, 0.25) is 5.67 Å². The van der Waals surface area contributed by atoms with Gasteiger partial charge in [0.05, 0.1) is 0 Å². The van der Waals surface area contributed by atoms with Crippen molar-refractivity contribution in [1.29, 1.82) is 0 Å². The van der Waals surface area contributed by atoms with E-state index in [9.17, 15) is 13.6 Å². The maximum Gasteiger partial charge on any atom is 0.213 e. The Balaban J connectivity index is 2.87. The molecular formula is C8H7ClF2O2. The highest BCUT2D eigenvalue weighted by atomic mass is 35.5. The number of aldehydes is 1. The summed E-state index contributed by atoms with van der Waals surface area (Å²) < 4.78 is 30.7. The fraction of sp³-hybridized carbons (Fsp3) is 0.375. The minimum absolute atomic E-state index is 0.0592. The van der Waals surface area contributed by atoms with E-state index in [1.807, 2.05) is 0 Å². The van der Waals surface area contributed by atoms with Gasteiger partial charge in [-0.25, -0.2) is 8.78 Å². The van der Waals surface area contributed by atoms with E-state index >= 15 is 0 Å². The molecule has 5 heteroatoms. The molecule has 0 aromatic rings.